The highest BCUT2D eigenvalue weighted by atomic mass is 15.2. The summed E-state index contributed by atoms with van der Waals surface area (Å²) in [5, 5.41) is 3.51. The zero-order valence-corrected chi connectivity index (χ0v) is 9.63. The van der Waals surface area contributed by atoms with Gasteiger partial charge in [0.2, 0.25) is 0 Å². The first kappa shape index (κ1) is 10.4. The molecule has 2 unspecified atom stereocenters. The molecule has 2 heterocycles. The van der Waals surface area contributed by atoms with Crippen LogP contribution in [0.1, 0.15) is 33.1 Å². The Kier molecular flexibility index (Phi) is 3.45. The molecule has 2 aliphatic heterocycles. The van der Waals surface area contributed by atoms with Crippen LogP contribution in [0.15, 0.2) is 0 Å². The predicted octanol–water partition coefficient (Wildman–Crippen LogP) is 1.72. The lowest BCUT2D eigenvalue weighted by Gasteiger charge is -2.29. The van der Waals surface area contributed by atoms with Gasteiger partial charge in [-0.25, -0.2) is 0 Å². The van der Waals surface area contributed by atoms with E-state index in [2.05, 4.69) is 24.1 Å². The van der Waals surface area contributed by atoms with E-state index in [1.165, 1.54) is 45.4 Å². The summed E-state index contributed by atoms with van der Waals surface area (Å²) in [6.45, 7) is 9.92. The van der Waals surface area contributed by atoms with Gasteiger partial charge >= 0.3 is 0 Å². The van der Waals surface area contributed by atoms with Crippen LogP contribution in [-0.2, 0) is 0 Å². The molecule has 0 aromatic heterocycles. The zero-order chi connectivity index (χ0) is 9.97. The first-order valence-electron chi connectivity index (χ1n) is 6.20. The lowest BCUT2D eigenvalue weighted by molar-refractivity contribution is 0.201. The molecule has 0 amide bonds. The number of likely N-dealkylation sites (tertiary alicyclic amines) is 1. The average molecular weight is 196 g/mol. The minimum Gasteiger partial charge on any atom is -0.316 e. The summed E-state index contributed by atoms with van der Waals surface area (Å²) in [5.74, 6) is 1.83. The van der Waals surface area contributed by atoms with E-state index in [1.807, 2.05) is 0 Å². The summed E-state index contributed by atoms with van der Waals surface area (Å²) in [4.78, 5) is 2.70. The molecule has 0 radical (unpaired) electrons. The Labute approximate surface area is 88.1 Å². The van der Waals surface area contributed by atoms with Gasteiger partial charge in [-0.05, 0) is 51.1 Å². The Hall–Kier alpha value is -0.0800. The van der Waals surface area contributed by atoms with Gasteiger partial charge in [-0.1, -0.05) is 6.92 Å². The lowest BCUT2D eigenvalue weighted by atomic mass is 9.99. The van der Waals surface area contributed by atoms with Crippen molar-refractivity contribution in [2.24, 2.45) is 11.8 Å². The van der Waals surface area contributed by atoms with E-state index in [0.717, 1.165) is 17.9 Å². The van der Waals surface area contributed by atoms with Crippen LogP contribution >= 0.6 is 0 Å². The quantitative estimate of drug-likeness (QED) is 0.723. The molecular formula is C12H24N2. The summed E-state index contributed by atoms with van der Waals surface area (Å²) in [7, 11) is 0. The number of nitrogens with one attached hydrogen (secondary N) is 1. The highest BCUT2D eigenvalue weighted by Gasteiger charge is 2.28. The van der Waals surface area contributed by atoms with Gasteiger partial charge in [0.15, 0.2) is 0 Å². The normalized spacial score (nSPS) is 40.3. The van der Waals surface area contributed by atoms with Crippen LogP contribution in [0.3, 0.4) is 0 Å². The van der Waals surface area contributed by atoms with E-state index < -0.39 is 0 Å². The second-order valence-corrected chi connectivity index (χ2v) is 5.36. The van der Waals surface area contributed by atoms with E-state index in [9.17, 15) is 0 Å². The van der Waals surface area contributed by atoms with Crippen molar-refractivity contribution in [2.75, 3.05) is 26.2 Å². The van der Waals surface area contributed by atoms with E-state index >= 15 is 0 Å². The molecule has 0 saturated carbocycles. The molecule has 2 saturated heterocycles. The molecule has 0 aromatic carbocycles. The topological polar surface area (TPSA) is 15.3 Å². The summed E-state index contributed by atoms with van der Waals surface area (Å²) in [6, 6.07) is 0.826. The van der Waals surface area contributed by atoms with Gasteiger partial charge in [0.25, 0.3) is 0 Å². The van der Waals surface area contributed by atoms with E-state index in [-0.39, 0.29) is 0 Å². The molecule has 0 bridgehead atoms. The number of rotatable bonds is 2. The molecule has 14 heavy (non-hydrogen) atoms. The van der Waals surface area contributed by atoms with Gasteiger partial charge in [0.05, 0.1) is 0 Å². The van der Waals surface area contributed by atoms with Gasteiger partial charge in [0, 0.05) is 19.1 Å². The third-order valence-corrected chi connectivity index (χ3v) is 3.80. The Morgan fingerprint density at radius 1 is 1.36 bits per heavy atom. The summed E-state index contributed by atoms with van der Waals surface area (Å²) >= 11 is 0. The van der Waals surface area contributed by atoms with Gasteiger partial charge < -0.3 is 10.2 Å². The second kappa shape index (κ2) is 4.63. The Morgan fingerprint density at radius 3 is 2.79 bits per heavy atom. The van der Waals surface area contributed by atoms with Gasteiger partial charge in [-0.15, -0.1) is 0 Å². The van der Waals surface area contributed by atoms with Crippen molar-refractivity contribution in [3.05, 3.63) is 0 Å². The van der Waals surface area contributed by atoms with Crippen LogP contribution in [-0.4, -0.2) is 37.1 Å². The fourth-order valence-corrected chi connectivity index (χ4v) is 3.05. The summed E-state index contributed by atoms with van der Waals surface area (Å²) in [6.07, 6.45) is 4.22. The molecule has 2 aliphatic rings. The smallest absolute Gasteiger partial charge is 0.00701 e. The summed E-state index contributed by atoms with van der Waals surface area (Å²) in [5.41, 5.74) is 0. The highest BCUT2D eigenvalue weighted by molar-refractivity contribution is 4.83. The maximum Gasteiger partial charge on any atom is 0.00701 e. The molecule has 3 atom stereocenters. The van der Waals surface area contributed by atoms with Crippen molar-refractivity contribution in [1.29, 1.82) is 0 Å². The second-order valence-electron chi connectivity index (χ2n) is 5.36. The van der Waals surface area contributed by atoms with Crippen LogP contribution in [0.4, 0.5) is 0 Å². The standard InChI is InChI=1S/C12H24N2/c1-10-6-11(2)14(8-10)9-12-4-3-5-13-7-12/h10-13H,3-9H2,1-2H3/t10?,11?,12-/m0/s1. The Morgan fingerprint density at radius 2 is 2.21 bits per heavy atom. The number of hydrogen-bond acceptors (Lipinski definition) is 2. The Bertz CT molecular complexity index is 175. The third kappa shape index (κ3) is 2.48. The van der Waals surface area contributed by atoms with Gasteiger partial charge in [0.1, 0.15) is 0 Å². The first-order valence-corrected chi connectivity index (χ1v) is 6.20. The third-order valence-electron chi connectivity index (χ3n) is 3.80. The van der Waals surface area contributed by atoms with E-state index in [1.54, 1.807) is 0 Å². The number of hydrogen-bond donors (Lipinski definition) is 1. The largest absolute Gasteiger partial charge is 0.316 e. The van der Waals surface area contributed by atoms with Crippen molar-refractivity contribution in [3.63, 3.8) is 0 Å². The molecule has 0 spiro atoms. The number of piperidine rings is 1. The van der Waals surface area contributed by atoms with E-state index in [0.29, 0.717) is 0 Å². The molecule has 2 nitrogen and oxygen atoms in total. The molecule has 2 heteroatoms. The molecule has 2 fully saturated rings. The van der Waals surface area contributed by atoms with Crippen LogP contribution in [0.2, 0.25) is 0 Å². The molecular weight excluding hydrogens is 172 g/mol. The molecule has 1 N–H and O–H groups in total. The molecule has 0 aromatic rings. The molecule has 0 aliphatic carbocycles. The van der Waals surface area contributed by atoms with Gasteiger partial charge in [-0.2, -0.15) is 0 Å². The Balaban J connectivity index is 1.78. The fraction of sp³-hybridized carbons (Fsp3) is 1.00. The highest BCUT2D eigenvalue weighted by Crippen LogP contribution is 2.24. The minimum atomic E-state index is 0.826. The number of nitrogens with zero attached hydrogens (tertiary/aromatic N) is 1. The van der Waals surface area contributed by atoms with Crippen molar-refractivity contribution in [1.82, 2.24) is 10.2 Å². The predicted molar refractivity (Wildman–Crippen MR) is 60.4 cm³/mol. The monoisotopic (exact) mass is 196 g/mol. The lowest BCUT2D eigenvalue weighted by Crippen LogP contribution is -2.39. The SMILES string of the molecule is CC1CC(C)N(C[C@H]2CCCNC2)C1. The molecule has 2 rings (SSSR count). The maximum absolute atomic E-state index is 3.51. The van der Waals surface area contributed by atoms with Crippen molar-refractivity contribution < 1.29 is 0 Å². The molecule has 82 valence electrons. The van der Waals surface area contributed by atoms with Crippen molar-refractivity contribution in [3.8, 4) is 0 Å². The van der Waals surface area contributed by atoms with Crippen LogP contribution < -0.4 is 5.32 Å². The fourth-order valence-electron chi connectivity index (χ4n) is 3.05. The average Bonchev–Trinajstić information content (AvgIpc) is 2.47. The summed E-state index contributed by atoms with van der Waals surface area (Å²) < 4.78 is 0. The maximum atomic E-state index is 3.51. The van der Waals surface area contributed by atoms with Crippen molar-refractivity contribution in [2.45, 2.75) is 39.2 Å². The minimum absolute atomic E-state index is 0.826. The van der Waals surface area contributed by atoms with Crippen LogP contribution in [0.25, 0.3) is 0 Å². The van der Waals surface area contributed by atoms with Gasteiger partial charge in [-0.3, -0.25) is 0 Å². The van der Waals surface area contributed by atoms with Crippen LogP contribution in [0, 0.1) is 11.8 Å². The van der Waals surface area contributed by atoms with E-state index in [4.69, 9.17) is 0 Å². The first-order chi connectivity index (χ1) is 6.75. The van der Waals surface area contributed by atoms with Crippen LogP contribution in [0.5, 0.6) is 0 Å². The zero-order valence-electron chi connectivity index (χ0n) is 9.63. The van der Waals surface area contributed by atoms with Crippen molar-refractivity contribution >= 4 is 0 Å².